The van der Waals surface area contributed by atoms with Crippen molar-refractivity contribution in [3.63, 3.8) is 0 Å². The summed E-state index contributed by atoms with van der Waals surface area (Å²) in [6.45, 7) is 4.27. The van der Waals surface area contributed by atoms with Crippen molar-refractivity contribution in [2.75, 3.05) is 13.1 Å². The number of nitrogens with zero attached hydrogens (tertiary/aromatic N) is 1. The lowest BCUT2D eigenvalue weighted by Crippen LogP contribution is -2.57. The molecule has 3 rings (SSSR count). The SMILES string of the molecule is CCC(CC)(Cc1ccc(C(=O)Oc2ccc(C(=N)N)cc2F)s1)C(=O)N1CC(C(=O)O)C1.Cl. The maximum Gasteiger partial charge on any atom is 0.353 e. The van der Waals surface area contributed by atoms with Gasteiger partial charge in [0.2, 0.25) is 5.91 Å². The molecular weight excluding hydrogens is 485 g/mol. The number of amidine groups is 1. The predicted molar refractivity (Wildman–Crippen MR) is 128 cm³/mol. The third-order valence-corrected chi connectivity index (χ3v) is 7.21. The minimum absolute atomic E-state index is 0. The van der Waals surface area contributed by atoms with Crippen molar-refractivity contribution in [2.24, 2.45) is 17.1 Å². The van der Waals surface area contributed by atoms with Crippen LogP contribution in [-0.4, -0.2) is 46.8 Å². The van der Waals surface area contributed by atoms with Crippen LogP contribution in [0.3, 0.4) is 0 Å². The maximum atomic E-state index is 14.2. The maximum absolute atomic E-state index is 14.2. The molecule has 2 aromatic rings. The Kier molecular flexibility index (Phi) is 8.79. The molecule has 1 aromatic heterocycles. The number of thiophene rings is 1. The highest BCUT2D eigenvalue weighted by atomic mass is 35.5. The second kappa shape index (κ2) is 11.0. The summed E-state index contributed by atoms with van der Waals surface area (Å²) in [5.41, 5.74) is 4.82. The fourth-order valence-corrected chi connectivity index (χ4v) is 4.86. The van der Waals surface area contributed by atoms with Gasteiger partial charge in [-0.2, -0.15) is 0 Å². The van der Waals surface area contributed by atoms with E-state index in [1.807, 2.05) is 13.8 Å². The molecule has 11 heteroatoms. The number of carbonyl (C=O) groups is 3. The van der Waals surface area contributed by atoms with Crippen LogP contribution in [0.25, 0.3) is 0 Å². The predicted octanol–water partition coefficient (Wildman–Crippen LogP) is 3.70. The van der Waals surface area contributed by atoms with Crippen LogP contribution in [0.4, 0.5) is 4.39 Å². The summed E-state index contributed by atoms with van der Waals surface area (Å²) in [6.07, 6.45) is 1.55. The molecule has 0 atom stereocenters. The third kappa shape index (κ3) is 5.56. The summed E-state index contributed by atoms with van der Waals surface area (Å²) < 4.78 is 19.3. The third-order valence-electron chi connectivity index (χ3n) is 6.15. The molecule has 1 fully saturated rings. The van der Waals surface area contributed by atoms with Crippen molar-refractivity contribution < 1.29 is 28.6 Å². The molecule has 0 bridgehead atoms. The average molecular weight is 512 g/mol. The van der Waals surface area contributed by atoms with Crippen molar-refractivity contribution in [2.45, 2.75) is 33.1 Å². The number of ether oxygens (including phenoxy) is 1. The van der Waals surface area contributed by atoms with Gasteiger partial charge in [0.25, 0.3) is 0 Å². The number of rotatable bonds is 9. The topological polar surface area (TPSA) is 134 Å². The highest BCUT2D eigenvalue weighted by Gasteiger charge is 2.44. The zero-order valence-corrected chi connectivity index (χ0v) is 20.4. The van der Waals surface area contributed by atoms with Crippen LogP contribution in [-0.2, 0) is 16.0 Å². The summed E-state index contributed by atoms with van der Waals surface area (Å²) in [6, 6.07) is 6.99. The zero-order valence-electron chi connectivity index (χ0n) is 18.8. The Labute approximate surface area is 206 Å². The second-order valence-corrected chi connectivity index (χ2v) is 9.29. The number of carbonyl (C=O) groups excluding carboxylic acids is 2. The van der Waals surface area contributed by atoms with Crippen molar-refractivity contribution in [3.8, 4) is 5.75 Å². The van der Waals surface area contributed by atoms with Crippen LogP contribution >= 0.6 is 23.7 Å². The van der Waals surface area contributed by atoms with Gasteiger partial charge >= 0.3 is 11.9 Å². The minimum Gasteiger partial charge on any atom is -0.481 e. The van der Waals surface area contributed by atoms with Gasteiger partial charge in [-0.25, -0.2) is 9.18 Å². The molecular formula is C23H27ClFN3O5S. The number of hydrogen-bond donors (Lipinski definition) is 3. The summed E-state index contributed by atoms with van der Waals surface area (Å²) in [5.74, 6) is -3.58. The number of nitrogen functional groups attached to an aromatic ring is 1. The number of hydrogen-bond acceptors (Lipinski definition) is 6. The lowest BCUT2D eigenvalue weighted by atomic mass is 9.76. The second-order valence-electron chi connectivity index (χ2n) is 8.12. The Morgan fingerprint density at radius 2 is 1.88 bits per heavy atom. The number of esters is 1. The molecule has 1 aliphatic rings. The molecule has 0 spiro atoms. The fourth-order valence-electron chi connectivity index (χ4n) is 3.83. The summed E-state index contributed by atoms with van der Waals surface area (Å²) in [4.78, 5) is 39.4. The van der Waals surface area contributed by atoms with E-state index in [0.29, 0.717) is 19.3 Å². The van der Waals surface area contributed by atoms with E-state index < -0.39 is 29.1 Å². The van der Waals surface area contributed by atoms with E-state index in [2.05, 4.69) is 0 Å². The monoisotopic (exact) mass is 511 g/mol. The Morgan fingerprint density at radius 3 is 2.41 bits per heavy atom. The van der Waals surface area contributed by atoms with Crippen molar-refractivity contribution in [1.82, 2.24) is 4.90 Å². The lowest BCUT2D eigenvalue weighted by Gasteiger charge is -2.43. The van der Waals surface area contributed by atoms with Crippen LogP contribution in [0.15, 0.2) is 30.3 Å². The summed E-state index contributed by atoms with van der Waals surface area (Å²) >= 11 is 1.18. The van der Waals surface area contributed by atoms with E-state index in [1.54, 1.807) is 17.0 Å². The van der Waals surface area contributed by atoms with Gasteiger partial charge in [0.05, 0.1) is 11.3 Å². The first-order valence-electron chi connectivity index (χ1n) is 10.6. The first-order chi connectivity index (χ1) is 15.6. The van der Waals surface area contributed by atoms with Crippen LogP contribution < -0.4 is 10.5 Å². The number of carboxylic acids is 1. The van der Waals surface area contributed by atoms with Gasteiger partial charge < -0.3 is 20.5 Å². The number of halogens is 2. The van der Waals surface area contributed by atoms with Crippen LogP contribution in [0.5, 0.6) is 5.75 Å². The van der Waals surface area contributed by atoms with Gasteiger partial charge in [-0.1, -0.05) is 13.8 Å². The van der Waals surface area contributed by atoms with Gasteiger partial charge in [-0.05, 0) is 49.6 Å². The molecule has 0 aliphatic carbocycles. The van der Waals surface area contributed by atoms with Crippen LogP contribution in [0, 0.1) is 22.6 Å². The van der Waals surface area contributed by atoms with E-state index >= 15 is 0 Å². The standard InChI is InChI=1S/C23H26FN3O5S.ClH/c1-3-23(4-2,22(31)27-11-14(12-27)20(28)29)10-15-6-8-18(33-15)21(30)32-17-7-5-13(19(25)26)9-16(17)24;/h5-9,14H,3-4,10-12H2,1-2H3,(H3,25,26)(H,28,29);1H. The van der Waals surface area contributed by atoms with Gasteiger partial charge in [0.1, 0.15) is 10.7 Å². The van der Waals surface area contributed by atoms with Crippen molar-refractivity contribution in [1.29, 1.82) is 5.41 Å². The molecule has 0 saturated carbocycles. The largest absolute Gasteiger partial charge is 0.481 e. The van der Waals surface area contributed by atoms with Gasteiger partial charge in [0.15, 0.2) is 11.6 Å². The number of nitrogens with two attached hydrogens (primary N) is 1. The normalized spacial score (nSPS) is 13.6. The van der Waals surface area contributed by atoms with Gasteiger partial charge in [-0.3, -0.25) is 15.0 Å². The van der Waals surface area contributed by atoms with Gasteiger partial charge in [0, 0.05) is 23.5 Å². The number of likely N-dealkylation sites (tertiary alicyclic amines) is 1. The highest BCUT2D eigenvalue weighted by molar-refractivity contribution is 7.14. The molecule has 0 radical (unpaired) electrons. The van der Waals surface area contributed by atoms with Crippen molar-refractivity contribution in [3.05, 3.63) is 51.5 Å². The Balaban J connectivity index is 0.00000408. The molecule has 8 nitrogen and oxygen atoms in total. The summed E-state index contributed by atoms with van der Waals surface area (Å²) in [7, 11) is 0. The fraction of sp³-hybridized carbons (Fsp3) is 0.391. The number of nitrogens with one attached hydrogen (secondary N) is 1. The number of amides is 1. The first-order valence-corrected chi connectivity index (χ1v) is 11.4. The molecule has 1 saturated heterocycles. The van der Waals surface area contributed by atoms with E-state index in [1.165, 1.54) is 23.5 Å². The van der Waals surface area contributed by atoms with E-state index in [0.717, 1.165) is 10.9 Å². The first kappa shape index (κ1) is 27.3. The molecule has 184 valence electrons. The number of carboxylic acid groups (broad SMARTS) is 1. The molecule has 4 N–H and O–H groups in total. The van der Waals surface area contributed by atoms with E-state index in [9.17, 15) is 18.8 Å². The van der Waals surface area contributed by atoms with Crippen LogP contribution in [0.2, 0.25) is 0 Å². The number of aliphatic carboxylic acids is 1. The molecule has 1 aromatic carbocycles. The smallest absolute Gasteiger partial charge is 0.353 e. The van der Waals surface area contributed by atoms with Crippen LogP contribution in [0.1, 0.15) is 46.8 Å². The van der Waals surface area contributed by atoms with Crippen molar-refractivity contribution >= 4 is 47.4 Å². The summed E-state index contributed by atoms with van der Waals surface area (Å²) in [5, 5.41) is 16.4. The zero-order chi connectivity index (χ0) is 24.3. The van der Waals surface area contributed by atoms with E-state index in [-0.39, 0.29) is 53.4 Å². The molecule has 0 unspecified atom stereocenters. The molecule has 1 aliphatic heterocycles. The lowest BCUT2D eigenvalue weighted by molar-refractivity contribution is -0.158. The molecule has 2 heterocycles. The van der Waals surface area contributed by atoms with E-state index in [4.69, 9.17) is 21.0 Å². The molecule has 34 heavy (non-hydrogen) atoms. The number of benzene rings is 1. The highest BCUT2D eigenvalue weighted by Crippen LogP contribution is 2.37. The van der Waals surface area contributed by atoms with Gasteiger partial charge in [-0.15, -0.1) is 23.7 Å². The quantitative estimate of drug-likeness (QED) is 0.203. The Bertz CT molecular complexity index is 1100. The Hall–Kier alpha value is -2.98. The Morgan fingerprint density at radius 1 is 1.24 bits per heavy atom. The molecule has 1 amide bonds. The minimum atomic E-state index is -0.897. The average Bonchev–Trinajstić information content (AvgIpc) is 3.20.